The number of hydrogen-bond donors (Lipinski definition) is 4. The summed E-state index contributed by atoms with van der Waals surface area (Å²) in [5.74, 6) is -0.132. The third-order valence-electron chi connectivity index (χ3n) is 5.88. The maximum atomic E-state index is 12.8. The fraction of sp³-hybridized carbons (Fsp3) is 0.538. The number of amidine groups is 1. The number of ether oxygens (including phenoxy) is 3. The highest BCUT2D eigenvalue weighted by Crippen LogP contribution is 2.27. The summed E-state index contributed by atoms with van der Waals surface area (Å²) in [6.45, 7) is 3.80. The van der Waals surface area contributed by atoms with E-state index in [-0.39, 0.29) is 17.7 Å². The minimum Gasteiger partial charge on any atom is -0.496 e. The first-order valence-electron chi connectivity index (χ1n) is 13.1. The van der Waals surface area contributed by atoms with E-state index < -0.39 is 6.04 Å². The second-order valence-electron chi connectivity index (χ2n) is 8.82. The quantitative estimate of drug-likeness (QED) is 0.194. The zero-order valence-electron chi connectivity index (χ0n) is 22.3. The van der Waals surface area contributed by atoms with Crippen LogP contribution in [0.1, 0.15) is 36.0 Å². The predicted molar refractivity (Wildman–Crippen MR) is 151 cm³/mol. The van der Waals surface area contributed by atoms with Gasteiger partial charge in [0.15, 0.2) is 5.17 Å². The SMILES string of the molecule is COc1ccc(NC(=O)C2CN3C=CSC3=N2)cc1C(=O)NCCCCCC(=O)NCCOCCOCCN. The minimum atomic E-state index is -0.501. The van der Waals surface area contributed by atoms with E-state index in [1.165, 1.54) is 18.9 Å². The van der Waals surface area contributed by atoms with Gasteiger partial charge in [-0.1, -0.05) is 18.2 Å². The fourth-order valence-electron chi connectivity index (χ4n) is 3.87. The number of methoxy groups -OCH3 is 1. The van der Waals surface area contributed by atoms with E-state index in [0.29, 0.717) is 76.0 Å². The third-order valence-corrected chi connectivity index (χ3v) is 6.69. The Balaban J connectivity index is 1.30. The molecule has 5 N–H and O–H groups in total. The Bertz CT molecular complexity index is 1040. The molecule has 2 aliphatic heterocycles. The normalized spacial score (nSPS) is 15.6. The van der Waals surface area contributed by atoms with Gasteiger partial charge in [-0.3, -0.25) is 14.4 Å². The fourth-order valence-corrected chi connectivity index (χ4v) is 4.66. The topological polar surface area (TPSA) is 157 Å². The molecule has 3 amide bonds. The number of benzene rings is 1. The number of nitrogens with one attached hydrogen (secondary N) is 3. The molecule has 1 aromatic carbocycles. The van der Waals surface area contributed by atoms with Gasteiger partial charge in [-0.05, 0) is 36.4 Å². The number of fused-ring (bicyclic) bond motifs is 1. The van der Waals surface area contributed by atoms with E-state index in [0.717, 1.165) is 24.4 Å². The van der Waals surface area contributed by atoms with Crippen LogP contribution in [0.15, 0.2) is 34.8 Å². The molecule has 1 aromatic rings. The summed E-state index contributed by atoms with van der Waals surface area (Å²) in [7, 11) is 1.49. The van der Waals surface area contributed by atoms with E-state index in [4.69, 9.17) is 19.9 Å². The van der Waals surface area contributed by atoms with Crippen molar-refractivity contribution in [3.8, 4) is 5.75 Å². The van der Waals surface area contributed by atoms with Crippen molar-refractivity contribution < 1.29 is 28.6 Å². The lowest BCUT2D eigenvalue weighted by Gasteiger charge is -2.14. The molecule has 12 nitrogen and oxygen atoms in total. The molecule has 214 valence electrons. The van der Waals surface area contributed by atoms with Crippen LogP contribution in [0.2, 0.25) is 0 Å². The zero-order chi connectivity index (χ0) is 27.9. The number of nitrogens with two attached hydrogens (primary N) is 1. The Hall–Kier alpha value is -3.13. The molecule has 39 heavy (non-hydrogen) atoms. The number of rotatable bonds is 18. The average Bonchev–Trinajstić information content (AvgIpc) is 3.55. The van der Waals surface area contributed by atoms with Crippen LogP contribution in [0.5, 0.6) is 5.75 Å². The highest BCUT2D eigenvalue weighted by atomic mass is 32.2. The average molecular weight is 563 g/mol. The van der Waals surface area contributed by atoms with Crippen LogP contribution in [0.4, 0.5) is 5.69 Å². The van der Waals surface area contributed by atoms with Crippen molar-refractivity contribution in [2.75, 3.05) is 65.0 Å². The summed E-state index contributed by atoms with van der Waals surface area (Å²) in [4.78, 5) is 43.8. The van der Waals surface area contributed by atoms with Gasteiger partial charge in [0.2, 0.25) is 5.91 Å². The van der Waals surface area contributed by atoms with E-state index >= 15 is 0 Å². The van der Waals surface area contributed by atoms with Gasteiger partial charge in [-0.25, -0.2) is 4.99 Å². The number of unbranched alkanes of at least 4 members (excludes halogenated alkanes) is 2. The highest BCUT2D eigenvalue weighted by Gasteiger charge is 2.31. The molecule has 0 aromatic heterocycles. The van der Waals surface area contributed by atoms with E-state index in [9.17, 15) is 14.4 Å². The van der Waals surface area contributed by atoms with Crippen LogP contribution in [0.3, 0.4) is 0 Å². The molecule has 0 spiro atoms. The van der Waals surface area contributed by atoms with Gasteiger partial charge in [0.25, 0.3) is 11.8 Å². The number of carbonyl (C=O) groups is 3. The van der Waals surface area contributed by atoms with Gasteiger partial charge >= 0.3 is 0 Å². The van der Waals surface area contributed by atoms with Crippen molar-refractivity contribution in [3.05, 3.63) is 35.4 Å². The lowest BCUT2D eigenvalue weighted by molar-refractivity contribution is -0.121. The smallest absolute Gasteiger partial charge is 0.255 e. The standard InChI is InChI=1S/C26H38N6O6S/c1-36-22-7-6-19(30-25(35)21-18-32-11-16-39-26(32)31-21)17-20(22)24(34)29-9-4-2-3-5-23(33)28-10-13-38-15-14-37-12-8-27/h6-7,11,16-17,21H,2-5,8-10,12-15,18,27H2,1H3,(H,28,33)(H,29,34)(H,30,35). The van der Waals surface area contributed by atoms with E-state index in [1.807, 2.05) is 16.5 Å². The van der Waals surface area contributed by atoms with Gasteiger partial charge in [-0.2, -0.15) is 0 Å². The number of thioether (sulfide) groups is 1. The molecular weight excluding hydrogens is 524 g/mol. The summed E-state index contributed by atoms with van der Waals surface area (Å²) >= 11 is 1.49. The molecule has 0 aliphatic carbocycles. The van der Waals surface area contributed by atoms with Crippen LogP contribution < -0.4 is 26.4 Å². The minimum absolute atomic E-state index is 0.0229. The number of carbonyl (C=O) groups excluding carboxylic acids is 3. The van der Waals surface area contributed by atoms with Crippen LogP contribution >= 0.6 is 11.8 Å². The maximum absolute atomic E-state index is 12.8. The van der Waals surface area contributed by atoms with Gasteiger partial charge in [0.05, 0.1) is 45.6 Å². The van der Waals surface area contributed by atoms with Crippen LogP contribution in [-0.2, 0) is 19.1 Å². The molecular formula is C26H38N6O6S. The number of anilines is 1. The Morgan fingerprint density at radius 3 is 2.67 bits per heavy atom. The largest absolute Gasteiger partial charge is 0.496 e. The van der Waals surface area contributed by atoms with Gasteiger partial charge in [0, 0.05) is 37.9 Å². The van der Waals surface area contributed by atoms with Crippen molar-refractivity contribution in [3.63, 3.8) is 0 Å². The van der Waals surface area contributed by atoms with Gasteiger partial charge in [0.1, 0.15) is 11.8 Å². The van der Waals surface area contributed by atoms with E-state index in [2.05, 4.69) is 20.9 Å². The molecule has 0 fully saturated rings. The van der Waals surface area contributed by atoms with E-state index in [1.54, 1.807) is 18.2 Å². The summed E-state index contributed by atoms with van der Waals surface area (Å²) in [5.41, 5.74) is 6.16. The third kappa shape index (κ3) is 10.2. The lowest BCUT2D eigenvalue weighted by atomic mass is 10.1. The van der Waals surface area contributed by atoms with Crippen molar-refractivity contribution in [1.82, 2.24) is 15.5 Å². The first-order chi connectivity index (χ1) is 19.0. The molecule has 0 saturated heterocycles. The van der Waals surface area contributed by atoms with Crippen molar-refractivity contribution in [1.29, 1.82) is 0 Å². The number of nitrogens with zero attached hydrogens (tertiary/aromatic N) is 2. The predicted octanol–water partition coefficient (Wildman–Crippen LogP) is 1.29. The summed E-state index contributed by atoms with van der Waals surface area (Å²) in [6.07, 6.45) is 4.57. The number of amides is 3. The highest BCUT2D eigenvalue weighted by molar-refractivity contribution is 8.16. The first-order valence-corrected chi connectivity index (χ1v) is 14.0. The second kappa shape index (κ2) is 16.7. The molecule has 2 heterocycles. The Labute approximate surface area is 233 Å². The molecule has 2 aliphatic rings. The number of aliphatic imine (C=N–C) groups is 1. The molecule has 1 atom stereocenters. The lowest BCUT2D eigenvalue weighted by Crippen LogP contribution is -2.31. The van der Waals surface area contributed by atoms with Gasteiger partial charge < -0.3 is 40.8 Å². The molecule has 13 heteroatoms. The second-order valence-corrected chi connectivity index (χ2v) is 9.69. The van der Waals surface area contributed by atoms with Crippen molar-refractivity contribution in [2.45, 2.75) is 31.7 Å². The van der Waals surface area contributed by atoms with Crippen LogP contribution in [0, 0.1) is 0 Å². The van der Waals surface area contributed by atoms with Crippen molar-refractivity contribution in [2.24, 2.45) is 10.7 Å². The maximum Gasteiger partial charge on any atom is 0.255 e. The summed E-state index contributed by atoms with van der Waals surface area (Å²) < 4.78 is 15.9. The van der Waals surface area contributed by atoms with Gasteiger partial charge in [-0.15, -0.1) is 0 Å². The van der Waals surface area contributed by atoms with Crippen molar-refractivity contribution >= 4 is 40.3 Å². The molecule has 1 unspecified atom stereocenters. The monoisotopic (exact) mass is 562 g/mol. The summed E-state index contributed by atoms with van der Waals surface area (Å²) in [6, 6.07) is 4.45. The number of hydrogen-bond acceptors (Lipinski definition) is 10. The Morgan fingerprint density at radius 2 is 1.90 bits per heavy atom. The summed E-state index contributed by atoms with van der Waals surface area (Å²) in [5, 5.41) is 11.3. The molecule has 0 radical (unpaired) electrons. The van der Waals surface area contributed by atoms with Crippen LogP contribution in [0.25, 0.3) is 0 Å². The molecule has 3 rings (SSSR count). The molecule has 0 saturated carbocycles. The molecule has 0 bridgehead atoms. The van der Waals surface area contributed by atoms with Crippen LogP contribution in [-0.4, -0.2) is 93.5 Å². The Kier molecular flexibility index (Phi) is 13.1. The zero-order valence-corrected chi connectivity index (χ0v) is 23.1. The Morgan fingerprint density at radius 1 is 1.08 bits per heavy atom. The first kappa shape index (κ1) is 30.4.